The van der Waals surface area contributed by atoms with Gasteiger partial charge in [-0.2, -0.15) is 0 Å². The van der Waals surface area contributed by atoms with Crippen molar-refractivity contribution >= 4 is 22.1 Å². The van der Waals surface area contributed by atoms with Gasteiger partial charge in [-0.3, -0.25) is 4.99 Å². The van der Waals surface area contributed by atoms with Crippen molar-refractivity contribution in [3.05, 3.63) is 28.2 Å². The summed E-state index contributed by atoms with van der Waals surface area (Å²) < 4.78 is 0.947. The van der Waals surface area contributed by atoms with Crippen molar-refractivity contribution < 1.29 is 5.11 Å². The topological polar surface area (TPSA) is 44.6 Å². The molecular formula is C16H23BrN2O. The lowest BCUT2D eigenvalue weighted by atomic mass is 9.80. The van der Waals surface area contributed by atoms with E-state index in [2.05, 4.69) is 48.9 Å². The Kier molecular flexibility index (Phi) is 4.26. The van der Waals surface area contributed by atoms with Crippen molar-refractivity contribution in [1.82, 2.24) is 5.32 Å². The maximum Gasteiger partial charge on any atom is 0.124 e. The molecule has 0 spiro atoms. The third kappa shape index (κ3) is 4.06. The molecule has 4 heteroatoms. The van der Waals surface area contributed by atoms with Crippen LogP contribution >= 0.6 is 15.9 Å². The molecule has 1 heterocycles. The van der Waals surface area contributed by atoms with E-state index in [1.165, 1.54) is 0 Å². The van der Waals surface area contributed by atoms with Crippen LogP contribution in [0.5, 0.6) is 5.75 Å². The first kappa shape index (κ1) is 15.5. The summed E-state index contributed by atoms with van der Waals surface area (Å²) in [7, 11) is 0. The Morgan fingerprint density at radius 2 is 1.85 bits per heavy atom. The van der Waals surface area contributed by atoms with Gasteiger partial charge in [0.25, 0.3) is 0 Å². The van der Waals surface area contributed by atoms with Crippen LogP contribution in [0.15, 0.2) is 27.7 Å². The van der Waals surface area contributed by atoms with Crippen LogP contribution in [-0.4, -0.2) is 28.4 Å². The number of nitrogens with one attached hydrogen (secondary N) is 1. The molecule has 1 aliphatic rings. The van der Waals surface area contributed by atoms with E-state index >= 15 is 0 Å². The quantitative estimate of drug-likeness (QED) is 0.803. The summed E-state index contributed by atoms with van der Waals surface area (Å²) in [6.45, 7) is 8.86. The Morgan fingerprint density at radius 3 is 2.45 bits per heavy atom. The van der Waals surface area contributed by atoms with Gasteiger partial charge in [-0.15, -0.1) is 0 Å². The van der Waals surface area contributed by atoms with Crippen molar-refractivity contribution in [2.24, 2.45) is 4.99 Å². The molecule has 1 aromatic rings. The van der Waals surface area contributed by atoms with E-state index in [-0.39, 0.29) is 22.9 Å². The molecule has 0 saturated carbocycles. The number of phenols is 1. The summed E-state index contributed by atoms with van der Waals surface area (Å²) in [4.78, 5) is 4.70. The molecule has 0 atom stereocenters. The number of aliphatic imine (C=N–C) groups is 1. The number of hydrogen-bond acceptors (Lipinski definition) is 3. The molecule has 2 rings (SSSR count). The minimum Gasteiger partial charge on any atom is -0.507 e. The highest BCUT2D eigenvalue weighted by molar-refractivity contribution is 9.10. The fraction of sp³-hybridized carbons (Fsp3) is 0.562. The van der Waals surface area contributed by atoms with Crippen molar-refractivity contribution in [1.29, 1.82) is 0 Å². The number of halogens is 1. The van der Waals surface area contributed by atoms with Gasteiger partial charge in [-0.25, -0.2) is 0 Å². The number of aromatic hydroxyl groups is 1. The largest absolute Gasteiger partial charge is 0.507 e. The lowest BCUT2D eigenvalue weighted by molar-refractivity contribution is 0.164. The van der Waals surface area contributed by atoms with Crippen molar-refractivity contribution in [3.63, 3.8) is 0 Å². The SMILES string of the molecule is CC1(C)CC(N=Cc2cc(Br)ccc2O)CC(C)(C)N1. The molecule has 0 unspecified atom stereocenters. The number of rotatable bonds is 2. The van der Waals surface area contributed by atoms with Crippen LogP contribution in [0, 0.1) is 0 Å². The molecule has 110 valence electrons. The fourth-order valence-electron chi connectivity index (χ4n) is 3.19. The summed E-state index contributed by atoms with van der Waals surface area (Å²) >= 11 is 3.42. The van der Waals surface area contributed by atoms with Gasteiger partial charge < -0.3 is 10.4 Å². The number of piperidine rings is 1. The third-order valence-corrected chi connectivity index (χ3v) is 4.08. The lowest BCUT2D eigenvalue weighted by Gasteiger charge is -2.45. The first-order valence-electron chi connectivity index (χ1n) is 6.98. The Hall–Kier alpha value is -0.870. The summed E-state index contributed by atoms with van der Waals surface area (Å²) in [5.74, 6) is 0.268. The molecule has 0 aromatic heterocycles. The molecular weight excluding hydrogens is 316 g/mol. The maximum atomic E-state index is 9.85. The van der Waals surface area contributed by atoms with Gasteiger partial charge in [0, 0.05) is 27.3 Å². The summed E-state index contributed by atoms with van der Waals surface area (Å²) in [5.41, 5.74) is 0.931. The Bertz CT molecular complexity index is 507. The van der Waals surface area contributed by atoms with Gasteiger partial charge in [0.05, 0.1) is 6.04 Å². The van der Waals surface area contributed by atoms with Crippen LogP contribution in [0.1, 0.15) is 46.1 Å². The summed E-state index contributed by atoms with van der Waals surface area (Å²) in [6, 6.07) is 5.67. The Balaban J connectivity index is 2.16. The van der Waals surface area contributed by atoms with E-state index in [0.717, 1.165) is 22.9 Å². The highest BCUT2D eigenvalue weighted by atomic mass is 79.9. The second kappa shape index (κ2) is 5.49. The molecule has 1 saturated heterocycles. The minimum absolute atomic E-state index is 0.0864. The molecule has 3 nitrogen and oxygen atoms in total. The average Bonchev–Trinajstić information content (AvgIpc) is 2.26. The van der Waals surface area contributed by atoms with Crippen LogP contribution in [0.4, 0.5) is 0 Å². The van der Waals surface area contributed by atoms with E-state index in [4.69, 9.17) is 4.99 Å². The van der Waals surface area contributed by atoms with Crippen LogP contribution in [0.2, 0.25) is 0 Å². The molecule has 0 amide bonds. The molecule has 1 fully saturated rings. The van der Waals surface area contributed by atoms with Gasteiger partial charge in [0.1, 0.15) is 5.75 Å². The second-order valence-corrected chi connectivity index (χ2v) is 7.85. The first-order chi connectivity index (χ1) is 9.17. The van der Waals surface area contributed by atoms with Gasteiger partial charge in [0.2, 0.25) is 0 Å². The Labute approximate surface area is 129 Å². The predicted octanol–water partition coefficient (Wildman–Crippen LogP) is 3.88. The predicted molar refractivity (Wildman–Crippen MR) is 87.7 cm³/mol. The fourth-order valence-corrected chi connectivity index (χ4v) is 3.57. The van der Waals surface area contributed by atoms with Crippen molar-refractivity contribution in [3.8, 4) is 5.75 Å². The molecule has 20 heavy (non-hydrogen) atoms. The Morgan fingerprint density at radius 1 is 1.25 bits per heavy atom. The van der Waals surface area contributed by atoms with E-state index < -0.39 is 0 Å². The van der Waals surface area contributed by atoms with E-state index in [0.29, 0.717) is 0 Å². The molecule has 0 bridgehead atoms. The first-order valence-corrected chi connectivity index (χ1v) is 7.77. The van der Waals surface area contributed by atoms with E-state index in [1.54, 1.807) is 12.3 Å². The standard InChI is InChI=1S/C16H23BrN2O/c1-15(2)8-13(9-16(3,4)19-15)18-10-11-7-12(17)5-6-14(11)20/h5-7,10,13,19-20H,8-9H2,1-4H3. The molecule has 0 radical (unpaired) electrons. The van der Waals surface area contributed by atoms with Crippen LogP contribution in [0.25, 0.3) is 0 Å². The number of benzene rings is 1. The van der Waals surface area contributed by atoms with E-state index in [9.17, 15) is 5.11 Å². The highest BCUT2D eigenvalue weighted by Crippen LogP contribution is 2.30. The highest BCUT2D eigenvalue weighted by Gasteiger charge is 2.37. The molecule has 1 aliphatic heterocycles. The number of phenolic OH excluding ortho intramolecular Hbond substituents is 1. The van der Waals surface area contributed by atoms with Crippen LogP contribution < -0.4 is 5.32 Å². The molecule has 0 aliphatic carbocycles. The number of nitrogens with zero attached hydrogens (tertiary/aromatic N) is 1. The van der Waals surface area contributed by atoms with Crippen LogP contribution in [-0.2, 0) is 0 Å². The maximum absolute atomic E-state index is 9.85. The zero-order valence-corrected chi connectivity index (χ0v) is 14.2. The normalized spacial score (nSPS) is 22.2. The lowest BCUT2D eigenvalue weighted by Crippen LogP contribution is -2.58. The van der Waals surface area contributed by atoms with Crippen molar-refractivity contribution in [2.75, 3.05) is 0 Å². The summed E-state index contributed by atoms with van der Waals surface area (Å²) in [6.07, 6.45) is 3.80. The van der Waals surface area contributed by atoms with Crippen LogP contribution in [0.3, 0.4) is 0 Å². The van der Waals surface area contributed by atoms with E-state index in [1.807, 2.05) is 12.1 Å². The van der Waals surface area contributed by atoms with Gasteiger partial charge in [-0.05, 0) is 58.7 Å². The smallest absolute Gasteiger partial charge is 0.124 e. The summed E-state index contributed by atoms with van der Waals surface area (Å²) in [5, 5.41) is 13.5. The second-order valence-electron chi connectivity index (χ2n) is 6.94. The minimum atomic E-state index is 0.0864. The average molecular weight is 339 g/mol. The monoisotopic (exact) mass is 338 g/mol. The van der Waals surface area contributed by atoms with Gasteiger partial charge in [0.15, 0.2) is 0 Å². The third-order valence-electron chi connectivity index (χ3n) is 3.58. The van der Waals surface area contributed by atoms with Gasteiger partial charge >= 0.3 is 0 Å². The van der Waals surface area contributed by atoms with Gasteiger partial charge in [-0.1, -0.05) is 15.9 Å². The van der Waals surface area contributed by atoms with Crippen molar-refractivity contribution in [2.45, 2.75) is 57.7 Å². The number of hydrogen-bond donors (Lipinski definition) is 2. The molecule has 1 aromatic carbocycles. The molecule has 2 N–H and O–H groups in total. The zero-order chi connectivity index (χ0) is 15.0. The zero-order valence-electron chi connectivity index (χ0n) is 12.6.